The Labute approximate surface area is 127 Å². The standard InChI is InChI=1S/C17H17FN2O2/c1-17(21,15-5-3-9-22-15)11-19-10-12-6-7-14(18)13-4-2-8-20-16(12)13/h2-9,19,21H,10-11H2,1H3. The monoisotopic (exact) mass is 300 g/mol. The van der Waals surface area contributed by atoms with Crippen molar-refractivity contribution in [2.24, 2.45) is 0 Å². The van der Waals surface area contributed by atoms with Crippen LogP contribution in [0.3, 0.4) is 0 Å². The van der Waals surface area contributed by atoms with Crippen molar-refractivity contribution in [3.63, 3.8) is 0 Å². The predicted octanol–water partition coefficient (Wildman–Crippen LogP) is 2.96. The number of nitrogens with zero attached hydrogens (tertiary/aromatic N) is 1. The van der Waals surface area contributed by atoms with Crippen LogP contribution in [0.25, 0.3) is 10.9 Å². The lowest BCUT2D eigenvalue weighted by Gasteiger charge is -2.21. The van der Waals surface area contributed by atoms with Gasteiger partial charge in [0.05, 0.1) is 11.8 Å². The molecule has 0 bridgehead atoms. The fourth-order valence-corrected chi connectivity index (χ4v) is 2.45. The zero-order valence-electron chi connectivity index (χ0n) is 12.2. The van der Waals surface area contributed by atoms with Crippen LogP contribution >= 0.6 is 0 Å². The molecule has 0 aliphatic carbocycles. The van der Waals surface area contributed by atoms with Crippen LogP contribution in [0.4, 0.5) is 4.39 Å². The van der Waals surface area contributed by atoms with Gasteiger partial charge in [0.15, 0.2) is 0 Å². The van der Waals surface area contributed by atoms with Crippen molar-refractivity contribution in [2.45, 2.75) is 19.1 Å². The van der Waals surface area contributed by atoms with E-state index < -0.39 is 5.60 Å². The molecular weight excluding hydrogens is 283 g/mol. The van der Waals surface area contributed by atoms with Crippen LogP contribution in [0.15, 0.2) is 53.3 Å². The Kier molecular flexibility index (Phi) is 3.92. The van der Waals surface area contributed by atoms with Gasteiger partial charge < -0.3 is 14.8 Å². The van der Waals surface area contributed by atoms with E-state index in [1.54, 1.807) is 43.5 Å². The van der Waals surface area contributed by atoms with Gasteiger partial charge >= 0.3 is 0 Å². The highest BCUT2D eigenvalue weighted by Gasteiger charge is 2.25. The summed E-state index contributed by atoms with van der Waals surface area (Å²) in [6, 6.07) is 10.0. The lowest BCUT2D eigenvalue weighted by Crippen LogP contribution is -2.34. The van der Waals surface area contributed by atoms with Crippen molar-refractivity contribution in [2.75, 3.05) is 6.54 Å². The first-order chi connectivity index (χ1) is 10.6. The maximum atomic E-state index is 13.8. The summed E-state index contributed by atoms with van der Waals surface area (Å²) in [5.41, 5.74) is 0.409. The zero-order chi connectivity index (χ0) is 15.6. The normalized spacial score (nSPS) is 14.1. The molecule has 0 amide bonds. The Morgan fingerprint density at radius 3 is 2.91 bits per heavy atom. The highest BCUT2D eigenvalue weighted by Crippen LogP contribution is 2.22. The molecule has 22 heavy (non-hydrogen) atoms. The summed E-state index contributed by atoms with van der Waals surface area (Å²) in [4.78, 5) is 4.25. The van der Waals surface area contributed by atoms with Crippen molar-refractivity contribution >= 4 is 10.9 Å². The van der Waals surface area contributed by atoms with Gasteiger partial charge in [-0.25, -0.2) is 4.39 Å². The minimum atomic E-state index is -1.10. The lowest BCUT2D eigenvalue weighted by molar-refractivity contribution is 0.0340. The average Bonchev–Trinajstić information content (AvgIpc) is 3.05. The van der Waals surface area contributed by atoms with E-state index in [9.17, 15) is 9.50 Å². The fraction of sp³-hybridized carbons (Fsp3) is 0.235. The Bertz CT molecular complexity index is 769. The Hall–Kier alpha value is -2.24. The molecule has 0 saturated carbocycles. The number of pyridine rings is 1. The van der Waals surface area contributed by atoms with Crippen LogP contribution in [0.1, 0.15) is 18.2 Å². The minimum Gasteiger partial charge on any atom is -0.466 e. The summed E-state index contributed by atoms with van der Waals surface area (Å²) >= 11 is 0. The lowest BCUT2D eigenvalue weighted by atomic mass is 10.0. The number of benzene rings is 1. The molecule has 2 N–H and O–H groups in total. The average molecular weight is 300 g/mol. The summed E-state index contributed by atoms with van der Waals surface area (Å²) in [5, 5.41) is 14.0. The highest BCUT2D eigenvalue weighted by molar-refractivity contribution is 5.82. The molecule has 3 aromatic rings. The first-order valence-electron chi connectivity index (χ1n) is 7.07. The number of fused-ring (bicyclic) bond motifs is 1. The van der Waals surface area contributed by atoms with Crippen molar-refractivity contribution < 1.29 is 13.9 Å². The molecule has 2 aromatic heterocycles. The number of halogens is 1. The van der Waals surface area contributed by atoms with Crippen molar-refractivity contribution in [1.29, 1.82) is 0 Å². The van der Waals surface area contributed by atoms with E-state index in [4.69, 9.17) is 4.42 Å². The number of nitrogens with one attached hydrogen (secondary N) is 1. The van der Waals surface area contributed by atoms with E-state index in [0.29, 0.717) is 29.8 Å². The summed E-state index contributed by atoms with van der Waals surface area (Å²) in [7, 11) is 0. The quantitative estimate of drug-likeness (QED) is 0.760. The molecule has 1 atom stereocenters. The number of furan rings is 1. The Balaban J connectivity index is 1.74. The number of hydrogen-bond donors (Lipinski definition) is 2. The molecule has 1 unspecified atom stereocenters. The highest BCUT2D eigenvalue weighted by atomic mass is 19.1. The van der Waals surface area contributed by atoms with Crippen molar-refractivity contribution in [3.8, 4) is 0 Å². The molecule has 0 radical (unpaired) electrons. The maximum Gasteiger partial charge on any atom is 0.136 e. The molecule has 3 rings (SSSR count). The second-order valence-electron chi connectivity index (χ2n) is 5.46. The van der Waals surface area contributed by atoms with Gasteiger partial charge in [-0.15, -0.1) is 0 Å². The third kappa shape index (κ3) is 2.86. The first-order valence-corrected chi connectivity index (χ1v) is 7.07. The second kappa shape index (κ2) is 5.87. The van der Waals surface area contributed by atoms with Crippen LogP contribution in [0, 0.1) is 5.82 Å². The van der Waals surface area contributed by atoms with Gasteiger partial charge in [-0.3, -0.25) is 4.98 Å². The van der Waals surface area contributed by atoms with Gasteiger partial charge in [-0.2, -0.15) is 0 Å². The molecule has 0 fully saturated rings. The van der Waals surface area contributed by atoms with Gasteiger partial charge in [0.25, 0.3) is 0 Å². The molecule has 5 heteroatoms. The van der Waals surface area contributed by atoms with E-state index in [1.807, 2.05) is 0 Å². The maximum absolute atomic E-state index is 13.8. The molecule has 4 nitrogen and oxygen atoms in total. The van der Waals surface area contributed by atoms with Gasteiger partial charge in [0, 0.05) is 24.7 Å². The van der Waals surface area contributed by atoms with Crippen LogP contribution in [-0.2, 0) is 12.1 Å². The summed E-state index contributed by atoms with van der Waals surface area (Å²) < 4.78 is 19.0. The van der Waals surface area contributed by atoms with Crippen LogP contribution in [-0.4, -0.2) is 16.6 Å². The van der Waals surface area contributed by atoms with Crippen LogP contribution in [0.5, 0.6) is 0 Å². The smallest absolute Gasteiger partial charge is 0.136 e. The van der Waals surface area contributed by atoms with E-state index in [2.05, 4.69) is 10.3 Å². The first kappa shape index (κ1) is 14.7. The molecule has 0 saturated heterocycles. The summed E-state index contributed by atoms with van der Waals surface area (Å²) in [5.74, 6) is 0.219. The van der Waals surface area contributed by atoms with Crippen molar-refractivity contribution in [3.05, 3.63) is 66.0 Å². The number of aliphatic hydroxyl groups is 1. The van der Waals surface area contributed by atoms with Crippen LogP contribution in [0.2, 0.25) is 0 Å². The molecular formula is C17H17FN2O2. The fourth-order valence-electron chi connectivity index (χ4n) is 2.45. The third-order valence-corrected chi connectivity index (χ3v) is 3.64. The van der Waals surface area contributed by atoms with Gasteiger partial charge in [-0.05, 0) is 42.8 Å². The molecule has 0 aliphatic heterocycles. The SMILES string of the molecule is CC(O)(CNCc1ccc(F)c2cccnc12)c1ccco1. The van der Waals surface area contributed by atoms with E-state index in [0.717, 1.165) is 5.56 Å². The summed E-state index contributed by atoms with van der Waals surface area (Å²) in [6.07, 6.45) is 3.17. The largest absolute Gasteiger partial charge is 0.466 e. The zero-order valence-corrected chi connectivity index (χ0v) is 12.2. The molecule has 114 valence electrons. The van der Waals surface area contributed by atoms with E-state index in [1.165, 1.54) is 12.3 Å². The number of hydrogen-bond acceptors (Lipinski definition) is 4. The Morgan fingerprint density at radius 2 is 2.14 bits per heavy atom. The minimum absolute atomic E-state index is 0.283. The van der Waals surface area contributed by atoms with E-state index >= 15 is 0 Å². The van der Waals surface area contributed by atoms with Gasteiger partial charge in [0.1, 0.15) is 17.2 Å². The molecule has 2 heterocycles. The van der Waals surface area contributed by atoms with Crippen LogP contribution < -0.4 is 5.32 Å². The second-order valence-corrected chi connectivity index (χ2v) is 5.46. The molecule has 0 spiro atoms. The third-order valence-electron chi connectivity index (χ3n) is 3.64. The summed E-state index contributed by atoms with van der Waals surface area (Å²) in [6.45, 7) is 2.47. The van der Waals surface area contributed by atoms with Gasteiger partial charge in [-0.1, -0.05) is 6.07 Å². The van der Waals surface area contributed by atoms with Gasteiger partial charge in [0.2, 0.25) is 0 Å². The number of rotatable bonds is 5. The number of aromatic nitrogens is 1. The molecule has 0 aliphatic rings. The Morgan fingerprint density at radius 1 is 1.27 bits per heavy atom. The topological polar surface area (TPSA) is 58.3 Å². The predicted molar refractivity (Wildman–Crippen MR) is 81.7 cm³/mol. The van der Waals surface area contributed by atoms with Crippen molar-refractivity contribution in [1.82, 2.24) is 10.3 Å². The van der Waals surface area contributed by atoms with E-state index in [-0.39, 0.29) is 5.82 Å². The molecule has 1 aromatic carbocycles.